The third-order valence-corrected chi connectivity index (χ3v) is 7.13. The number of nitrogens with one attached hydrogen (secondary N) is 1. The smallest absolute Gasteiger partial charge is 0.0482 e. The second-order valence-corrected chi connectivity index (χ2v) is 7.84. The van der Waals surface area contributed by atoms with Crippen molar-refractivity contribution in [2.45, 2.75) is 36.5 Å². The van der Waals surface area contributed by atoms with E-state index in [-0.39, 0.29) is 0 Å². The topological polar surface area (TPSA) is 24.9 Å². The molecule has 0 radical (unpaired) electrons. The van der Waals surface area contributed by atoms with Gasteiger partial charge in [0.05, 0.1) is 0 Å². The largest absolute Gasteiger partial charge is 0.315 e. The van der Waals surface area contributed by atoms with Crippen LogP contribution in [-0.2, 0) is 6.42 Å². The number of aromatic nitrogens is 1. The predicted octanol–water partition coefficient (Wildman–Crippen LogP) is 2.94. The minimum atomic E-state index is 0.576. The molecule has 1 aliphatic heterocycles. The van der Waals surface area contributed by atoms with Gasteiger partial charge in [-0.25, -0.2) is 0 Å². The summed E-state index contributed by atoms with van der Waals surface area (Å²) >= 11 is 4.26. The summed E-state index contributed by atoms with van der Waals surface area (Å²) in [5, 5.41) is 4.35. The summed E-state index contributed by atoms with van der Waals surface area (Å²) in [6.45, 7) is 0. The molecule has 1 aromatic rings. The lowest BCUT2D eigenvalue weighted by molar-refractivity contribution is 0.404. The number of pyridine rings is 1. The summed E-state index contributed by atoms with van der Waals surface area (Å²) in [7, 11) is 2.13. The molecule has 3 atom stereocenters. The van der Waals surface area contributed by atoms with Crippen LogP contribution >= 0.6 is 23.5 Å². The zero-order chi connectivity index (χ0) is 13.1. The number of fused-ring (bicyclic) bond motifs is 1. The molecule has 1 saturated heterocycles. The molecule has 104 valence electrons. The van der Waals surface area contributed by atoms with Gasteiger partial charge in [0.2, 0.25) is 0 Å². The Kier molecular flexibility index (Phi) is 4.72. The van der Waals surface area contributed by atoms with Crippen molar-refractivity contribution in [2.75, 3.05) is 24.3 Å². The molecule has 0 spiro atoms. The van der Waals surface area contributed by atoms with Crippen LogP contribution in [0.2, 0.25) is 0 Å². The summed E-state index contributed by atoms with van der Waals surface area (Å²) in [6.07, 6.45) is 5.78. The van der Waals surface area contributed by atoms with Crippen LogP contribution in [0.3, 0.4) is 0 Å². The number of hydrogen-bond donors (Lipinski definition) is 1. The fraction of sp³-hybridized carbons (Fsp3) is 0.667. The van der Waals surface area contributed by atoms with Crippen LogP contribution in [-0.4, -0.2) is 40.6 Å². The van der Waals surface area contributed by atoms with Crippen LogP contribution in [0.1, 0.15) is 30.0 Å². The molecule has 2 nitrogen and oxygen atoms in total. The van der Waals surface area contributed by atoms with Gasteiger partial charge in [0.25, 0.3) is 0 Å². The highest BCUT2D eigenvalue weighted by Crippen LogP contribution is 2.38. The number of hydrogen-bond acceptors (Lipinski definition) is 4. The minimum absolute atomic E-state index is 0.576. The molecule has 0 aromatic carbocycles. The van der Waals surface area contributed by atoms with E-state index in [9.17, 15) is 0 Å². The number of aryl methyl sites for hydroxylation is 1. The molecule has 2 aliphatic rings. The molecule has 1 aliphatic carbocycles. The van der Waals surface area contributed by atoms with Gasteiger partial charge in [-0.15, -0.1) is 0 Å². The van der Waals surface area contributed by atoms with Crippen molar-refractivity contribution in [2.24, 2.45) is 0 Å². The van der Waals surface area contributed by atoms with Gasteiger partial charge in [-0.05, 0) is 37.9 Å². The Morgan fingerprint density at radius 1 is 1.42 bits per heavy atom. The normalized spacial score (nSPS) is 28.7. The molecule has 0 bridgehead atoms. The first-order valence-corrected chi connectivity index (χ1v) is 9.41. The fourth-order valence-corrected chi connectivity index (χ4v) is 6.33. The van der Waals surface area contributed by atoms with Crippen molar-refractivity contribution in [3.8, 4) is 0 Å². The molecule has 3 unspecified atom stereocenters. The van der Waals surface area contributed by atoms with Crippen molar-refractivity contribution >= 4 is 23.5 Å². The van der Waals surface area contributed by atoms with E-state index in [0.717, 1.165) is 5.25 Å². The number of likely N-dealkylation sites (N-methyl/N-ethyl adjacent to an activating group) is 1. The van der Waals surface area contributed by atoms with Gasteiger partial charge in [-0.2, -0.15) is 23.5 Å². The molecule has 19 heavy (non-hydrogen) atoms. The van der Waals surface area contributed by atoms with Crippen molar-refractivity contribution in [3.05, 3.63) is 29.6 Å². The van der Waals surface area contributed by atoms with E-state index in [1.807, 2.05) is 6.20 Å². The summed E-state index contributed by atoms with van der Waals surface area (Å²) in [5.74, 6) is 4.51. The van der Waals surface area contributed by atoms with E-state index in [0.29, 0.717) is 12.0 Å². The third kappa shape index (κ3) is 2.96. The van der Waals surface area contributed by atoms with Gasteiger partial charge in [0.1, 0.15) is 0 Å². The fourth-order valence-electron chi connectivity index (χ4n) is 3.35. The zero-order valence-corrected chi connectivity index (χ0v) is 13.1. The molecule has 1 aromatic heterocycles. The Morgan fingerprint density at radius 3 is 3.16 bits per heavy atom. The standard InChI is InChI=1S/C15H22N2S2/c1-16-15(13-10-18-8-9-19-13)12-6-2-4-11-5-3-7-17-14(11)12/h3,5,7,12-13,15-16H,2,4,6,8-10H2,1H3. The Labute approximate surface area is 124 Å². The van der Waals surface area contributed by atoms with E-state index in [1.54, 1.807) is 0 Å². The van der Waals surface area contributed by atoms with Crippen LogP contribution in [0.15, 0.2) is 18.3 Å². The highest BCUT2D eigenvalue weighted by atomic mass is 32.2. The van der Waals surface area contributed by atoms with Crippen LogP contribution in [0.25, 0.3) is 0 Å². The first kappa shape index (κ1) is 13.8. The molecule has 2 heterocycles. The zero-order valence-electron chi connectivity index (χ0n) is 11.5. The first-order chi connectivity index (χ1) is 9.40. The van der Waals surface area contributed by atoms with Gasteiger partial charge in [0.15, 0.2) is 0 Å². The summed E-state index contributed by atoms with van der Waals surface area (Å²) in [6, 6.07) is 4.93. The predicted molar refractivity (Wildman–Crippen MR) is 86.3 cm³/mol. The van der Waals surface area contributed by atoms with Crippen LogP contribution in [0.5, 0.6) is 0 Å². The van der Waals surface area contributed by atoms with Crippen molar-refractivity contribution in [1.82, 2.24) is 10.3 Å². The van der Waals surface area contributed by atoms with Crippen LogP contribution in [0.4, 0.5) is 0 Å². The van der Waals surface area contributed by atoms with E-state index in [2.05, 4.69) is 48.0 Å². The molecule has 0 saturated carbocycles. The van der Waals surface area contributed by atoms with Crippen LogP contribution < -0.4 is 5.32 Å². The van der Waals surface area contributed by atoms with Crippen LogP contribution in [0, 0.1) is 0 Å². The minimum Gasteiger partial charge on any atom is -0.315 e. The van der Waals surface area contributed by atoms with E-state index >= 15 is 0 Å². The maximum Gasteiger partial charge on any atom is 0.0482 e. The maximum atomic E-state index is 4.71. The van der Waals surface area contributed by atoms with Gasteiger partial charge in [0, 0.05) is 46.4 Å². The lowest BCUT2D eigenvalue weighted by Gasteiger charge is -2.37. The molecular weight excluding hydrogens is 272 g/mol. The second kappa shape index (κ2) is 6.51. The maximum absolute atomic E-state index is 4.71. The molecule has 1 fully saturated rings. The third-order valence-electron chi connectivity index (χ3n) is 4.25. The monoisotopic (exact) mass is 294 g/mol. The quantitative estimate of drug-likeness (QED) is 0.926. The first-order valence-electron chi connectivity index (χ1n) is 7.20. The molecule has 4 heteroatoms. The molecule has 3 rings (SSSR count). The van der Waals surface area contributed by atoms with E-state index in [4.69, 9.17) is 4.98 Å². The van der Waals surface area contributed by atoms with Crippen molar-refractivity contribution in [1.29, 1.82) is 0 Å². The van der Waals surface area contributed by atoms with E-state index < -0.39 is 0 Å². The number of thioether (sulfide) groups is 2. The Hall–Kier alpha value is -0.190. The highest BCUT2D eigenvalue weighted by molar-refractivity contribution is 8.06. The van der Waals surface area contributed by atoms with E-state index in [1.165, 1.54) is 47.8 Å². The molecular formula is C15H22N2S2. The number of nitrogens with zero attached hydrogens (tertiary/aromatic N) is 1. The highest BCUT2D eigenvalue weighted by Gasteiger charge is 2.34. The van der Waals surface area contributed by atoms with Gasteiger partial charge in [-0.3, -0.25) is 4.98 Å². The van der Waals surface area contributed by atoms with Gasteiger partial charge < -0.3 is 5.32 Å². The number of rotatable bonds is 3. The lowest BCUT2D eigenvalue weighted by atomic mass is 9.81. The Balaban J connectivity index is 1.83. The summed E-state index contributed by atoms with van der Waals surface area (Å²) in [4.78, 5) is 4.71. The molecule has 0 amide bonds. The second-order valence-electron chi connectivity index (χ2n) is 5.35. The van der Waals surface area contributed by atoms with Gasteiger partial charge >= 0.3 is 0 Å². The Bertz CT molecular complexity index is 418. The average molecular weight is 294 g/mol. The van der Waals surface area contributed by atoms with Crippen molar-refractivity contribution in [3.63, 3.8) is 0 Å². The Morgan fingerprint density at radius 2 is 2.37 bits per heavy atom. The SMILES string of the molecule is CNC(C1CSCCS1)C1CCCc2cccnc21. The average Bonchev–Trinajstić information content (AvgIpc) is 2.49. The summed E-state index contributed by atoms with van der Waals surface area (Å²) < 4.78 is 0. The van der Waals surface area contributed by atoms with Gasteiger partial charge in [-0.1, -0.05) is 6.07 Å². The summed E-state index contributed by atoms with van der Waals surface area (Å²) in [5.41, 5.74) is 2.84. The van der Waals surface area contributed by atoms with Crippen molar-refractivity contribution < 1.29 is 0 Å². The lowest BCUT2D eigenvalue weighted by Crippen LogP contribution is -2.44. The molecule has 1 N–H and O–H groups in total.